The van der Waals surface area contributed by atoms with Crippen LogP contribution in [0.5, 0.6) is 5.75 Å². The maximum atomic E-state index is 10.8. The van der Waals surface area contributed by atoms with Crippen LogP contribution >= 0.6 is 0 Å². The predicted octanol–water partition coefficient (Wildman–Crippen LogP) is 1.68. The first-order valence-corrected chi connectivity index (χ1v) is 6.01. The van der Waals surface area contributed by atoms with Gasteiger partial charge in [-0.25, -0.2) is 9.97 Å². The normalized spacial score (nSPS) is 10.2. The van der Waals surface area contributed by atoms with E-state index in [1.54, 1.807) is 31.6 Å². The quantitative estimate of drug-likeness (QED) is 0.636. The summed E-state index contributed by atoms with van der Waals surface area (Å²) in [5, 5.41) is 13.7. The SMILES string of the molecule is CNCc1cc([N+](=O)[O-])ccc1OCc1ncccn1. The lowest BCUT2D eigenvalue weighted by atomic mass is 10.2. The van der Waals surface area contributed by atoms with Crippen LogP contribution in [0.2, 0.25) is 0 Å². The third kappa shape index (κ3) is 3.48. The lowest BCUT2D eigenvalue weighted by molar-refractivity contribution is -0.384. The van der Waals surface area contributed by atoms with E-state index in [0.717, 1.165) is 5.56 Å². The summed E-state index contributed by atoms with van der Waals surface area (Å²) in [6.07, 6.45) is 3.27. The maximum Gasteiger partial charge on any atom is 0.270 e. The van der Waals surface area contributed by atoms with E-state index in [2.05, 4.69) is 15.3 Å². The molecule has 1 aromatic carbocycles. The molecular weight excluding hydrogens is 260 g/mol. The number of hydrogen-bond donors (Lipinski definition) is 1. The molecule has 0 spiro atoms. The summed E-state index contributed by atoms with van der Waals surface area (Å²) in [5.41, 5.74) is 0.760. The van der Waals surface area contributed by atoms with E-state index < -0.39 is 4.92 Å². The average Bonchev–Trinajstić information content (AvgIpc) is 2.47. The van der Waals surface area contributed by atoms with Crippen LogP contribution in [0.25, 0.3) is 0 Å². The molecule has 104 valence electrons. The lowest BCUT2D eigenvalue weighted by Gasteiger charge is -2.10. The van der Waals surface area contributed by atoms with Crippen LogP contribution in [-0.2, 0) is 13.2 Å². The first kappa shape index (κ1) is 13.9. The van der Waals surface area contributed by atoms with Gasteiger partial charge in [0.1, 0.15) is 12.4 Å². The number of nitrogens with one attached hydrogen (secondary N) is 1. The van der Waals surface area contributed by atoms with Gasteiger partial charge in [-0.3, -0.25) is 10.1 Å². The molecule has 0 unspecified atom stereocenters. The van der Waals surface area contributed by atoms with Crippen molar-refractivity contribution < 1.29 is 9.66 Å². The van der Waals surface area contributed by atoms with E-state index in [9.17, 15) is 10.1 Å². The molecule has 0 fully saturated rings. The van der Waals surface area contributed by atoms with E-state index in [-0.39, 0.29) is 12.3 Å². The monoisotopic (exact) mass is 274 g/mol. The molecule has 0 aliphatic carbocycles. The summed E-state index contributed by atoms with van der Waals surface area (Å²) < 4.78 is 5.62. The minimum absolute atomic E-state index is 0.0403. The molecule has 7 nitrogen and oxygen atoms in total. The van der Waals surface area contributed by atoms with Crippen molar-refractivity contribution in [2.24, 2.45) is 0 Å². The summed E-state index contributed by atoms with van der Waals surface area (Å²) in [5.74, 6) is 1.14. The Morgan fingerprint density at radius 3 is 2.75 bits per heavy atom. The number of benzene rings is 1. The number of ether oxygens (including phenoxy) is 1. The van der Waals surface area contributed by atoms with Gasteiger partial charge in [-0.2, -0.15) is 0 Å². The molecule has 0 bridgehead atoms. The van der Waals surface area contributed by atoms with Gasteiger partial charge >= 0.3 is 0 Å². The second kappa shape index (κ2) is 6.58. The van der Waals surface area contributed by atoms with Crippen molar-refractivity contribution >= 4 is 5.69 Å². The Hall–Kier alpha value is -2.54. The Labute approximate surface area is 115 Å². The summed E-state index contributed by atoms with van der Waals surface area (Å²) in [4.78, 5) is 18.5. The Bertz CT molecular complexity index is 589. The first-order valence-electron chi connectivity index (χ1n) is 6.01. The molecule has 2 rings (SSSR count). The van der Waals surface area contributed by atoms with Crippen molar-refractivity contribution in [2.75, 3.05) is 7.05 Å². The molecule has 0 saturated carbocycles. The third-order valence-corrected chi connectivity index (χ3v) is 2.60. The van der Waals surface area contributed by atoms with E-state index in [0.29, 0.717) is 18.1 Å². The minimum atomic E-state index is -0.427. The molecule has 0 radical (unpaired) electrons. The van der Waals surface area contributed by atoms with Crippen LogP contribution in [0, 0.1) is 10.1 Å². The Balaban J connectivity index is 2.16. The van der Waals surface area contributed by atoms with Crippen LogP contribution in [0.3, 0.4) is 0 Å². The van der Waals surface area contributed by atoms with Crippen molar-refractivity contribution in [3.05, 3.63) is 58.2 Å². The van der Waals surface area contributed by atoms with E-state index in [1.165, 1.54) is 12.1 Å². The molecule has 0 saturated heterocycles. The largest absolute Gasteiger partial charge is 0.485 e. The highest BCUT2D eigenvalue weighted by atomic mass is 16.6. The van der Waals surface area contributed by atoms with Crippen LogP contribution in [0.4, 0.5) is 5.69 Å². The average molecular weight is 274 g/mol. The second-order valence-electron chi connectivity index (χ2n) is 4.03. The van der Waals surface area contributed by atoms with Gasteiger partial charge in [-0.05, 0) is 19.2 Å². The molecule has 0 aliphatic rings. The van der Waals surface area contributed by atoms with Crippen LogP contribution in [-0.4, -0.2) is 21.9 Å². The zero-order valence-corrected chi connectivity index (χ0v) is 10.9. The number of hydrogen-bond acceptors (Lipinski definition) is 6. The standard InChI is InChI=1S/C13H14N4O3/c1-14-8-10-7-11(17(18)19)3-4-12(10)20-9-13-15-5-2-6-16-13/h2-7,14H,8-9H2,1H3. The topological polar surface area (TPSA) is 90.2 Å². The van der Waals surface area contributed by atoms with E-state index in [4.69, 9.17) is 4.74 Å². The van der Waals surface area contributed by atoms with Crippen LogP contribution in [0.15, 0.2) is 36.7 Å². The summed E-state index contributed by atoms with van der Waals surface area (Å²) in [6.45, 7) is 0.696. The van der Waals surface area contributed by atoms with Gasteiger partial charge in [0, 0.05) is 36.6 Å². The van der Waals surface area contributed by atoms with E-state index >= 15 is 0 Å². The molecule has 1 heterocycles. The van der Waals surface area contributed by atoms with Crippen molar-refractivity contribution in [3.63, 3.8) is 0 Å². The Morgan fingerprint density at radius 1 is 1.35 bits per heavy atom. The van der Waals surface area contributed by atoms with Gasteiger partial charge < -0.3 is 10.1 Å². The zero-order chi connectivity index (χ0) is 14.4. The Kier molecular flexibility index (Phi) is 4.56. The number of nitro groups is 1. The predicted molar refractivity (Wildman–Crippen MR) is 72.2 cm³/mol. The van der Waals surface area contributed by atoms with Crippen molar-refractivity contribution in [2.45, 2.75) is 13.2 Å². The number of nitrogens with zero attached hydrogens (tertiary/aromatic N) is 3. The molecule has 1 aromatic heterocycles. The fraction of sp³-hybridized carbons (Fsp3) is 0.231. The number of nitro benzene ring substituents is 1. The molecular formula is C13H14N4O3. The van der Waals surface area contributed by atoms with Gasteiger partial charge in [-0.1, -0.05) is 0 Å². The number of rotatable bonds is 6. The zero-order valence-electron chi connectivity index (χ0n) is 10.9. The first-order chi connectivity index (χ1) is 9.70. The molecule has 0 atom stereocenters. The molecule has 1 N–H and O–H groups in total. The highest BCUT2D eigenvalue weighted by molar-refractivity contribution is 5.43. The number of non-ortho nitro benzene ring substituents is 1. The van der Waals surface area contributed by atoms with Crippen molar-refractivity contribution in [1.29, 1.82) is 0 Å². The molecule has 20 heavy (non-hydrogen) atoms. The molecule has 7 heteroatoms. The van der Waals surface area contributed by atoms with Crippen LogP contribution in [0.1, 0.15) is 11.4 Å². The summed E-state index contributed by atoms with van der Waals surface area (Å²) in [7, 11) is 1.77. The van der Waals surface area contributed by atoms with Gasteiger partial charge in [0.25, 0.3) is 5.69 Å². The molecule has 0 aliphatic heterocycles. The third-order valence-electron chi connectivity index (χ3n) is 2.60. The smallest absolute Gasteiger partial charge is 0.270 e. The van der Waals surface area contributed by atoms with Gasteiger partial charge in [-0.15, -0.1) is 0 Å². The molecule has 2 aromatic rings. The van der Waals surface area contributed by atoms with Crippen molar-refractivity contribution in [3.8, 4) is 5.75 Å². The summed E-state index contributed by atoms with van der Waals surface area (Å²) in [6, 6.07) is 6.23. The lowest BCUT2D eigenvalue weighted by Crippen LogP contribution is -2.09. The summed E-state index contributed by atoms with van der Waals surface area (Å²) >= 11 is 0. The van der Waals surface area contributed by atoms with Gasteiger partial charge in [0.05, 0.1) is 4.92 Å². The van der Waals surface area contributed by atoms with E-state index in [1.807, 2.05) is 0 Å². The highest BCUT2D eigenvalue weighted by Crippen LogP contribution is 2.24. The van der Waals surface area contributed by atoms with Gasteiger partial charge in [0.15, 0.2) is 5.82 Å². The minimum Gasteiger partial charge on any atom is -0.485 e. The fourth-order valence-electron chi connectivity index (χ4n) is 1.70. The van der Waals surface area contributed by atoms with Crippen molar-refractivity contribution in [1.82, 2.24) is 15.3 Å². The van der Waals surface area contributed by atoms with Gasteiger partial charge in [0.2, 0.25) is 0 Å². The second-order valence-corrected chi connectivity index (χ2v) is 4.03. The Morgan fingerprint density at radius 2 is 2.10 bits per heavy atom. The molecule has 0 amide bonds. The number of aromatic nitrogens is 2. The van der Waals surface area contributed by atoms with Crippen LogP contribution < -0.4 is 10.1 Å². The highest BCUT2D eigenvalue weighted by Gasteiger charge is 2.11. The fourth-order valence-corrected chi connectivity index (χ4v) is 1.70. The maximum absolute atomic E-state index is 10.8.